The van der Waals surface area contributed by atoms with Gasteiger partial charge in [-0.15, -0.1) is 0 Å². The van der Waals surface area contributed by atoms with Gasteiger partial charge in [-0.3, -0.25) is 4.79 Å². The van der Waals surface area contributed by atoms with Gasteiger partial charge in [0, 0.05) is 32.1 Å². The van der Waals surface area contributed by atoms with Crippen LogP contribution in [0.1, 0.15) is 31.7 Å². The van der Waals surface area contributed by atoms with Crippen LogP contribution in [-0.4, -0.2) is 59.6 Å². The summed E-state index contributed by atoms with van der Waals surface area (Å²) >= 11 is 0. The van der Waals surface area contributed by atoms with E-state index in [1.807, 2.05) is 6.07 Å². The minimum Gasteiger partial charge on any atom is -0.390 e. The quantitative estimate of drug-likeness (QED) is 0.798. The van der Waals surface area contributed by atoms with Gasteiger partial charge in [0.2, 0.25) is 5.91 Å². The van der Waals surface area contributed by atoms with Gasteiger partial charge in [0.05, 0.1) is 6.10 Å². The number of nitrogens with zero attached hydrogens (tertiary/aromatic N) is 2. The number of hydrogen-bond acceptors (Lipinski definition) is 3. The Labute approximate surface area is 133 Å². The molecular formula is C18H28N2O2. The number of benzene rings is 1. The molecule has 0 spiro atoms. The first-order valence-corrected chi connectivity index (χ1v) is 8.30. The van der Waals surface area contributed by atoms with E-state index in [-0.39, 0.29) is 5.91 Å². The van der Waals surface area contributed by atoms with Crippen LogP contribution in [-0.2, 0) is 11.2 Å². The SMILES string of the molecule is CCC(Cc1ccccc1)N(C)CC(O)CN1CCCC1=O. The van der Waals surface area contributed by atoms with Crippen molar-refractivity contribution >= 4 is 5.91 Å². The topological polar surface area (TPSA) is 43.8 Å². The molecule has 0 saturated carbocycles. The third kappa shape index (κ3) is 4.82. The van der Waals surface area contributed by atoms with Crippen molar-refractivity contribution in [2.24, 2.45) is 0 Å². The van der Waals surface area contributed by atoms with E-state index in [0.29, 0.717) is 25.6 Å². The molecule has 0 bridgehead atoms. The summed E-state index contributed by atoms with van der Waals surface area (Å²) in [6.07, 6.45) is 3.11. The van der Waals surface area contributed by atoms with E-state index >= 15 is 0 Å². The minimum absolute atomic E-state index is 0.179. The molecule has 22 heavy (non-hydrogen) atoms. The maximum atomic E-state index is 11.6. The van der Waals surface area contributed by atoms with Gasteiger partial charge < -0.3 is 14.9 Å². The fourth-order valence-electron chi connectivity index (χ4n) is 3.19. The highest BCUT2D eigenvalue weighted by molar-refractivity contribution is 5.78. The van der Waals surface area contributed by atoms with E-state index in [1.54, 1.807) is 4.90 Å². The fourth-order valence-corrected chi connectivity index (χ4v) is 3.19. The van der Waals surface area contributed by atoms with Crippen molar-refractivity contribution in [3.05, 3.63) is 35.9 Å². The minimum atomic E-state index is -0.475. The zero-order valence-electron chi connectivity index (χ0n) is 13.7. The van der Waals surface area contributed by atoms with Gasteiger partial charge in [-0.25, -0.2) is 0 Å². The molecule has 1 aromatic carbocycles. The maximum absolute atomic E-state index is 11.6. The smallest absolute Gasteiger partial charge is 0.222 e. The van der Waals surface area contributed by atoms with Crippen molar-refractivity contribution in [3.63, 3.8) is 0 Å². The van der Waals surface area contributed by atoms with Gasteiger partial charge in [-0.05, 0) is 31.9 Å². The molecule has 1 amide bonds. The number of aliphatic hydroxyl groups is 1. The summed E-state index contributed by atoms with van der Waals surface area (Å²) in [5.74, 6) is 0.179. The summed E-state index contributed by atoms with van der Waals surface area (Å²) in [5.41, 5.74) is 1.32. The van der Waals surface area contributed by atoms with Crippen LogP contribution in [0.3, 0.4) is 0 Å². The van der Waals surface area contributed by atoms with Gasteiger partial charge in [0.15, 0.2) is 0 Å². The molecule has 0 aromatic heterocycles. The molecule has 1 fully saturated rings. The highest BCUT2D eigenvalue weighted by Gasteiger charge is 2.24. The summed E-state index contributed by atoms with van der Waals surface area (Å²) in [7, 11) is 2.06. The molecule has 4 nitrogen and oxygen atoms in total. The predicted octanol–water partition coefficient (Wildman–Crippen LogP) is 1.92. The average Bonchev–Trinajstić information content (AvgIpc) is 2.90. The van der Waals surface area contributed by atoms with Crippen LogP contribution in [0.5, 0.6) is 0 Å². The Balaban J connectivity index is 1.83. The number of carbonyl (C=O) groups excluding carboxylic acids is 1. The van der Waals surface area contributed by atoms with Crippen LogP contribution in [0.25, 0.3) is 0 Å². The number of aliphatic hydroxyl groups excluding tert-OH is 1. The summed E-state index contributed by atoms with van der Waals surface area (Å²) in [5, 5.41) is 10.3. The van der Waals surface area contributed by atoms with Gasteiger partial charge >= 0.3 is 0 Å². The number of likely N-dealkylation sites (tertiary alicyclic amines) is 1. The second-order valence-electron chi connectivity index (χ2n) is 6.29. The maximum Gasteiger partial charge on any atom is 0.222 e. The average molecular weight is 304 g/mol. The molecule has 2 unspecified atom stereocenters. The first-order chi connectivity index (χ1) is 10.6. The van der Waals surface area contributed by atoms with Crippen molar-refractivity contribution < 1.29 is 9.90 Å². The standard InChI is InChI=1S/C18H28N2O2/c1-3-16(12-15-8-5-4-6-9-15)19(2)13-17(21)14-20-11-7-10-18(20)22/h4-6,8-9,16-17,21H,3,7,10-14H2,1-2H3. The highest BCUT2D eigenvalue weighted by atomic mass is 16.3. The molecule has 1 saturated heterocycles. The Morgan fingerprint density at radius 1 is 1.32 bits per heavy atom. The Morgan fingerprint density at radius 2 is 2.05 bits per heavy atom. The molecule has 0 aliphatic carbocycles. The van der Waals surface area contributed by atoms with Gasteiger partial charge in [0.25, 0.3) is 0 Å². The lowest BCUT2D eigenvalue weighted by Gasteiger charge is -2.30. The van der Waals surface area contributed by atoms with Crippen molar-refractivity contribution in [2.45, 2.75) is 44.8 Å². The largest absolute Gasteiger partial charge is 0.390 e. The van der Waals surface area contributed by atoms with E-state index in [1.165, 1.54) is 5.56 Å². The lowest BCUT2D eigenvalue weighted by molar-refractivity contribution is -0.129. The second kappa shape index (κ2) is 8.30. The molecule has 1 aromatic rings. The van der Waals surface area contributed by atoms with Gasteiger partial charge in [-0.2, -0.15) is 0 Å². The molecule has 0 radical (unpaired) electrons. The van der Waals surface area contributed by atoms with Crippen molar-refractivity contribution in [3.8, 4) is 0 Å². The number of rotatable bonds is 8. The Bertz CT molecular complexity index is 463. The zero-order valence-corrected chi connectivity index (χ0v) is 13.7. The predicted molar refractivity (Wildman–Crippen MR) is 88.7 cm³/mol. The van der Waals surface area contributed by atoms with Crippen LogP contribution in [0.2, 0.25) is 0 Å². The monoisotopic (exact) mass is 304 g/mol. The third-order valence-corrected chi connectivity index (χ3v) is 4.51. The Morgan fingerprint density at radius 3 is 2.64 bits per heavy atom. The number of β-amino-alcohol motifs (C(OH)–C–C–N with tert-alkyl or cyclic N) is 1. The molecule has 1 aliphatic heterocycles. The van der Waals surface area contributed by atoms with E-state index < -0.39 is 6.10 Å². The molecule has 122 valence electrons. The molecule has 1 heterocycles. The highest BCUT2D eigenvalue weighted by Crippen LogP contribution is 2.13. The molecule has 2 rings (SSSR count). The molecule has 1 N–H and O–H groups in total. The second-order valence-corrected chi connectivity index (χ2v) is 6.29. The summed E-state index contributed by atoms with van der Waals surface area (Å²) in [6.45, 7) is 4.04. The number of likely N-dealkylation sites (N-methyl/N-ethyl adjacent to an activating group) is 1. The first kappa shape index (κ1) is 17.0. The molecule has 2 atom stereocenters. The normalized spacial score (nSPS) is 18.0. The zero-order chi connectivity index (χ0) is 15.9. The number of amides is 1. The van der Waals surface area contributed by atoms with Crippen LogP contribution in [0, 0.1) is 0 Å². The molecular weight excluding hydrogens is 276 g/mol. The Hall–Kier alpha value is -1.39. The van der Waals surface area contributed by atoms with Crippen molar-refractivity contribution in [1.29, 1.82) is 0 Å². The van der Waals surface area contributed by atoms with Crippen molar-refractivity contribution in [2.75, 3.05) is 26.7 Å². The lowest BCUT2D eigenvalue weighted by atomic mass is 10.0. The summed E-state index contributed by atoms with van der Waals surface area (Å²) < 4.78 is 0. The van der Waals surface area contributed by atoms with Gasteiger partial charge in [0.1, 0.15) is 0 Å². The number of carbonyl (C=O) groups is 1. The summed E-state index contributed by atoms with van der Waals surface area (Å²) in [6, 6.07) is 10.9. The molecule has 1 aliphatic rings. The van der Waals surface area contributed by atoms with E-state index in [0.717, 1.165) is 25.8 Å². The summed E-state index contributed by atoms with van der Waals surface area (Å²) in [4.78, 5) is 15.6. The van der Waals surface area contributed by atoms with E-state index in [4.69, 9.17) is 0 Å². The third-order valence-electron chi connectivity index (χ3n) is 4.51. The van der Waals surface area contributed by atoms with Crippen LogP contribution in [0.4, 0.5) is 0 Å². The number of hydrogen-bond donors (Lipinski definition) is 1. The van der Waals surface area contributed by atoms with E-state index in [2.05, 4.69) is 43.1 Å². The van der Waals surface area contributed by atoms with Gasteiger partial charge in [-0.1, -0.05) is 37.3 Å². The van der Waals surface area contributed by atoms with Crippen LogP contribution < -0.4 is 0 Å². The van der Waals surface area contributed by atoms with E-state index in [9.17, 15) is 9.90 Å². The van der Waals surface area contributed by atoms with Crippen LogP contribution >= 0.6 is 0 Å². The lowest BCUT2D eigenvalue weighted by Crippen LogP contribution is -2.43. The Kier molecular flexibility index (Phi) is 6.40. The van der Waals surface area contributed by atoms with Crippen molar-refractivity contribution in [1.82, 2.24) is 9.80 Å². The fraction of sp³-hybridized carbons (Fsp3) is 0.611. The van der Waals surface area contributed by atoms with Crippen LogP contribution in [0.15, 0.2) is 30.3 Å². The molecule has 4 heteroatoms. The first-order valence-electron chi connectivity index (χ1n) is 8.30.